The Kier molecular flexibility index (Phi) is 21.8. The molecule has 0 saturated carbocycles. The lowest BCUT2D eigenvalue weighted by atomic mass is 10.0. The number of aliphatic carboxylic acids is 1. The number of nitrogens with zero attached hydrogens (tertiary/aromatic N) is 10. The number of carboxylic acid groups (broad SMARTS) is 1. The molecule has 522 valence electrons. The minimum Gasteiger partial charge on any atom is -0.480 e. The van der Waals surface area contributed by atoms with Crippen LogP contribution in [0.15, 0.2) is 139 Å². The fraction of sp³-hybridized carbons (Fsp3) is 0.274. The molecule has 0 amide bonds. The number of carbonyl (C=O) groups is 5. The average Bonchev–Trinajstić information content (AvgIpc) is 0.924. The first kappa shape index (κ1) is 74.1. The third kappa shape index (κ3) is 14.8. The van der Waals surface area contributed by atoms with E-state index in [-0.39, 0.29) is 62.3 Å². The number of nitrogens with one attached hydrogen (secondary N) is 1. The lowest BCUT2D eigenvalue weighted by molar-refractivity contribution is -0.323. The topological polar surface area (TPSA) is 359 Å². The number of carboxylic acids is 1. The Hall–Kier alpha value is -9.69. The first-order valence-electron chi connectivity index (χ1n) is 28.9. The third-order valence-electron chi connectivity index (χ3n) is 16.0. The first-order valence-corrected chi connectivity index (χ1v) is 36.1. The van der Waals surface area contributed by atoms with Gasteiger partial charge in [0.25, 0.3) is 16.4 Å². The van der Waals surface area contributed by atoms with Crippen LogP contribution in [0.25, 0.3) is 10.9 Å². The monoisotopic (exact) mass is 1450 g/mol. The number of esters is 3. The molecular formula is C62H69FN11O19S5+. The average molecular weight is 1450 g/mol. The Labute approximate surface area is 565 Å². The number of halogens is 1. The molecule has 6 aromatic carbocycles. The van der Waals surface area contributed by atoms with Crippen LogP contribution in [-0.2, 0) is 82.1 Å². The summed E-state index contributed by atoms with van der Waals surface area (Å²) in [4.78, 5) is 66.2. The maximum Gasteiger partial charge on any atom is 0.337 e. The van der Waals surface area contributed by atoms with E-state index in [1.54, 1.807) is 52.7 Å². The quantitative estimate of drug-likeness (QED) is 0.0889. The molecule has 0 bridgehead atoms. The highest BCUT2D eigenvalue weighted by molar-refractivity contribution is 7.90. The van der Waals surface area contributed by atoms with E-state index in [2.05, 4.69) is 24.5 Å². The molecule has 0 fully saturated rings. The second-order valence-corrected chi connectivity index (χ2v) is 32.4. The number of hydrogen-bond acceptors (Lipinski definition) is 23. The molecule has 5 aliphatic rings. The fourth-order valence-corrected chi connectivity index (χ4v) is 17.0. The van der Waals surface area contributed by atoms with Gasteiger partial charge in [0.2, 0.25) is 30.1 Å². The smallest absolute Gasteiger partial charge is 0.337 e. The van der Waals surface area contributed by atoms with Crippen LogP contribution in [0.1, 0.15) is 58.3 Å². The number of carbonyl (C=O) groups excluding carboxylic acids is 4. The molecule has 7 aromatic rings. The zero-order valence-electron chi connectivity index (χ0n) is 54.8. The fourth-order valence-electron chi connectivity index (χ4n) is 10.6. The number of fused-ring (bicyclic) bond motifs is 6. The molecule has 98 heavy (non-hydrogen) atoms. The predicted octanol–water partition coefficient (Wildman–Crippen LogP) is 4.85. The lowest BCUT2D eigenvalue weighted by Gasteiger charge is -2.33. The second kappa shape index (κ2) is 28.8. The van der Waals surface area contributed by atoms with Crippen LogP contribution in [0.4, 0.5) is 32.8 Å². The normalized spacial score (nSPS) is 17.1. The zero-order valence-corrected chi connectivity index (χ0v) is 58.9. The Morgan fingerprint density at radius 3 is 1.67 bits per heavy atom. The van der Waals surface area contributed by atoms with Crippen molar-refractivity contribution in [2.45, 2.75) is 44.4 Å². The van der Waals surface area contributed by atoms with Gasteiger partial charge >= 0.3 is 33.9 Å². The SMILES string of the molecule is CN1C=[N+](C)S(=O)(=O)c2ccc(C=O)cc21.COC(=O)c1ccc2c(c1)N(C)CN(C)S2(=O)=O.COC(=O)c1ccc2c(c1)N=CN(C)S2(=O)=O.COC(=O)c1ccc2c(c1)NCN(C)S2(=O)=O.Cc1c(Cc2ccc3c(c2)N(C)CN(C)S3(=O)=O)c2cc(F)ccc2n1CC(=O)O. The van der Waals surface area contributed by atoms with Crippen molar-refractivity contribution in [1.29, 1.82) is 0 Å². The van der Waals surface area contributed by atoms with E-state index in [0.717, 1.165) is 25.1 Å². The van der Waals surface area contributed by atoms with Crippen molar-refractivity contribution < 1.29 is 93.8 Å². The molecule has 0 radical (unpaired) electrons. The van der Waals surface area contributed by atoms with Crippen LogP contribution in [0, 0.1) is 12.7 Å². The molecule has 0 saturated heterocycles. The van der Waals surface area contributed by atoms with Gasteiger partial charge in [-0.05, 0) is 128 Å². The standard InChI is InChI=1S/C21H22FN3O4S.C11H14N2O4S.C10H12N2O4S.C10H10N2O4S.C10H11N2O3S/c1-13-16(17-10-15(22)5-6-18(17)25(13)11-21(26)27)8-14-4-7-20-19(9-14)23(2)12-24(3)30(20,28)29;1-12-7-13(2)18(15,16)10-5-4-8(6-9(10)12)11(14)17-3;2*1-12-6-11-8-5-7(10(13)16-2)3-4-9(8)17(12,14)15;1-11-7-12(2)16(14,15)10-4-3-8(6-13)5-9(10)11/h4-7,9-10H,8,11-12H2,1-3H3,(H,26,27);4-6H,7H2,1-3H3;3-5,11H,6H2,1-2H3;3-6H,1-2H3;3-7H,1-2H3/q;;;;+1. The number of sulfonamides is 5. The van der Waals surface area contributed by atoms with Crippen molar-refractivity contribution in [3.8, 4) is 0 Å². The van der Waals surface area contributed by atoms with E-state index in [0.29, 0.717) is 63.0 Å². The Morgan fingerprint density at radius 1 is 0.602 bits per heavy atom. The van der Waals surface area contributed by atoms with Crippen LogP contribution in [0.3, 0.4) is 0 Å². The van der Waals surface area contributed by atoms with Crippen LogP contribution >= 0.6 is 0 Å². The molecule has 0 spiro atoms. The predicted molar refractivity (Wildman–Crippen MR) is 360 cm³/mol. The van der Waals surface area contributed by atoms with E-state index >= 15 is 0 Å². The van der Waals surface area contributed by atoms with Crippen molar-refractivity contribution in [1.82, 2.24) is 21.8 Å². The zero-order chi connectivity index (χ0) is 72.5. The molecular weight excluding hydrogens is 1380 g/mol. The number of anilines is 4. The summed E-state index contributed by atoms with van der Waals surface area (Å²) in [5.41, 5.74) is 6.77. The van der Waals surface area contributed by atoms with Crippen molar-refractivity contribution >= 4 is 132 Å². The number of hydrogen-bond donors (Lipinski definition) is 2. The van der Waals surface area contributed by atoms with Gasteiger partial charge in [0.1, 0.15) is 50.3 Å². The molecule has 2 N–H and O–H groups in total. The Morgan fingerprint density at radius 2 is 1.11 bits per heavy atom. The molecule has 6 heterocycles. The van der Waals surface area contributed by atoms with Crippen LogP contribution in [-0.4, -0.2) is 214 Å². The maximum atomic E-state index is 14.0. The Balaban J connectivity index is 0.000000160. The lowest BCUT2D eigenvalue weighted by Crippen LogP contribution is -2.42. The summed E-state index contributed by atoms with van der Waals surface area (Å²) in [5.74, 6) is -2.88. The van der Waals surface area contributed by atoms with Crippen LogP contribution in [0.5, 0.6) is 0 Å². The van der Waals surface area contributed by atoms with Crippen LogP contribution < -0.4 is 20.0 Å². The van der Waals surface area contributed by atoms with Crippen molar-refractivity contribution in [3.05, 3.63) is 154 Å². The summed E-state index contributed by atoms with van der Waals surface area (Å²) in [5, 5.41) is 12.9. The van der Waals surface area contributed by atoms with Crippen molar-refractivity contribution in [3.63, 3.8) is 0 Å². The second-order valence-electron chi connectivity index (χ2n) is 22.4. The van der Waals surface area contributed by atoms with Gasteiger partial charge in [-0.3, -0.25) is 13.9 Å². The van der Waals surface area contributed by atoms with Gasteiger partial charge in [0.05, 0.1) is 94.9 Å². The molecule has 0 unspecified atom stereocenters. The number of benzene rings is 6. The molecule has 0 aliphatic carbocycles. The molecule has 12 rings (SSSR count). The van der Waals surface area contributed by atoms with Crippen molar-refractivity contribution in [2.75, 3.05) is 118 Å². The largest absolute Gasteiger partial charge is 0.480 e. The highest BCUT2D eigenvalue weighted by atomic mass is 32.2. The molecule has 30 nitrogen and oxygen atoms in total. The molecule has 1 aromatic heterocycles. The summed E-state index contributed by atoms with van der Waals surface area (Å²) in [6.45, 7) is 2.28. The van der Waals surface area contributed by atoms with E-state index < -0.39 is 79.8 Å². The molecule has 5 aliphatic heterocycles. The number of methoxy groups -OCH3 is 3. The number of aromatic nitrogens is 1. The number of aliphatic imine (C=N–C) groups is 1. The first-order chi connectivity index (χ1) is 45.9. The van der Waals surface area contributed by atoms with Crippen LogP contribution in [0.2, 0.25) is 0 Å². The van der Waals surface area contributed by atoms with E-state index in [4.69, 9.17) is 0 Å². The van der Waals surface area contributed by atoms with E-state index in [1.807, 2.05) is 24.9 Å². The number of rotatable bonds is 8. The van der Waals surface area contributed by atoms with Gasteiger partial charge in [-0.1, -0.05) is 6.07 Å². The van der Waals surface area contributed by atoms with Gasteiger partial charge in [0, 0.05) is 64.4 Å². The molecule has 0 atom stereocenters. The van der Waals surface area contributed by atoms with Gasteiger partial charge < -0.3 is 39.0 Å². The van der Waals surface area contributed by atoms with Gasteiger partial charge in [0.15, 0.2) is 4.90 Å². The highest BCUT2D eigenvalue weighted by Crippen LogP contribution is 2.37. The Bertz CT molecular complexity index is 5070. The summed E-state index contributed by atoms with van der Waals surface area (Å²) < 4.78 is 156. The number of aldehydes is 1. The summed E-state index contributed by atoms with van der Waals surface area (Å²) in [7, 11) is -0.869. The summed E-state index contributed by atoms with van der Waals surface area (Å²) in [6.07, 6.45) is 3.78. The van der Waals surface area contributed by atoms with Gasteiger partial charge in [-0.15, -0.1) is 0 Å². The molecule has 36 heteroatoms. The van der Waals surface area contributed by atoms with Gasteiger partial charge in [-0.25, -0.2) is 62.3 Å². The minimum atomic E-state index is -3.54. The van der Waals surface area contributed by atoms with Crippen molar-refractivity contribution in [2.24, 2.45) is 4.99 Å². The maximum absolute atomic E-state index is 14.0. The minimum absolute atomic E-state index is 0.0788. The third-order valence-corrected chi connectivity index (χ3v) is 25.0. The van der Waals surface area contributed by atoms with E-state index in [1.165, 1.54) is 161 Å². The van der Waals surface area contributed by atoms with E-state index in [9.17, 15) is 75.6 Å². The van der Waals surface area contributed by atoms with Gasteiger partial charge in [-0.2, -0.15) is 25.3 Å². The summed E-state index contributed by atoms with van der Waals surface area (Å²) in [6, 6.07) is 26.9. The number of ether oxygens (including phenoxy) is 3. The summed E-state index contributed by atoms with van der Waals surface area (Å²) >= 11 is 0. The highest BCUT2D eigenvalue weighted by Gasteiger charge is 2.36.